The minimum atomic E-state index is 0.0790. The third kappa shape index (κ3) is 3.48. The Morgan fingerprint density at radius 1 is 0.886 bits per heavy atom. The van der Waals surface area contributed by atoms with Crippen LogP contribution in [0.3, 0.4) is 0 Å². The van der Waals surface area contributed by atoms with Crippen LogP contribution in [0, 0.1) is 17.8 Å². The fourth-order valence-electron chi connectivity index (χ4n) is 5.63. The minimum Gasteiger partial charge on any atom is -0.456 e. The molecular formula is C31H34NO2S+. The van der Waals surface area contributed by atoms with Crippen molar-refractivity contribution in [2.75, 3.05) is 0 Å². The van der Waals surface area contributed by atoms with Gasteiger partial charge in [0.15, 0.2) is 11.9 Å². The average Bonchev–Trinajstić information content (AvgIpc) is 3.30. The van der Waals surface area contributed by atoms with Crippen LogP contribution in [0.1, 0.15) is 57.5 Å². The van der Waals surface area contributed by atoms with Crippen LogP contribution in [0.15, 0.2) is 40.9 Å². The zero-order valence-corrected chi connectivity index (χ0v) is 22.9. The van der Waals surface area contributed by atoms with E-state index in [0.717, 1.165) is 35.5 Å². The predicted molar refractivity (Wildman–Crippen MR) is 147 cm³/mol. The van der Waals surface area contributed by atoms with Crippen LogP contribution in [0.25, 0.3) is 43.3 Å². The molecule has 3 nitrogen and oxygen atoms in total. The van der Waals surface area contributed by atoms with Gasteiger partial charge in [-0.15, -0.1) is 11.3 Å². The number of para-hydroxylation sites is 1. The van der Waals surface area contributed by atoms with Crippen LogP contribution >= 0.6 is 11.3 Å². The summed E-state index contributed by atoms with van der Waals surface area (Å²) in [5, 5.41) is 3.65. The molecule has 0 spiro atoms. The summed E-state index contributed by atoms with van der Waals surface area (Å²) in [4.78, 5) is 1.33. The van der Waals surface area contributed by atoms with E-state index < -0.39 is 0 Å². The Bertz CT molecular complexity index is 1650. The molecule has 4 heterocycles. The molecule has 5 aromatic rings. The molecule has 0 saturated heterocycles. The molecule has 35 heavy (non-hydrogen) atoms. The number of pyridine rings is 1. The van der Waals surface area contributed by atoms with Gasteiger partial charge in [0.05, 0.1) is 10.3 Å². The van der Waals surface area contributed by atoms with Gasteiger partial charge in [0, 0.05) is 27.3 Å². The van der Waals surface area contributed by atoms with Gasteiger partial charge in [-0.2, -0.15) is 0 Å². The second-order valence-corrected chi connectivity index (χ2v) is 13.7. The maximum Gasteiger partial charge on any atom is 0.228 e. The number of ether oxygens (including phenoxy) is 1. The monoisotopic (exact) mass is 484 g/mol. The highest BCUT2D eigenvalue weighted by atomic mass is 32.1. The molecule has 0 amide bonds. The number of hydrogen-bond acceptors (Lipinski definition) is 3. The zero-order valence-electron chi connectivity index (χ0n) is 22.1. The number of aromatic nitrogens is 1. The van der Waals surface area contributed by atoms with Gasteiger partial charge in [0.25, 0.3) is 0 Å². The summed E-state index contributed by atoms with van der Waals surface area (Å²) in [6.45, 7) is 16.0. The third-order valence-corrected chi connectivity index (χ3v) is 8.09. The number of benzene rings is 2. The van der Waals surface area contributed by atoms with Crippen molar-refractivity contribution in [3.63, 3.8) is 0 Å². The Balaban J connectivity index is 1.78. The summed E-state index contributed by atoms with van der Waals surface area (Å²) in [7, 11) is 2.16. The molecule has 0 bridgehead atoms. The highest BCUT2D eigenvalue weighted by molar-refractivity contribution is 7.19. The van der Waals surface area contributed by atoms with Gasteiger partial charge >= 0.3 is 0 Å². The van der Waals surface area contributed by atoms with Gasteiger partial charge in [0.1, 0.15) is 29.3 Å². The lowest BCUT2D eigenvalue weighted by Gasteiger charge is -2.26. The molecule has 0 atom stereocenters. The number of thiophene rings is 1. The van der Waals surface area contributed by atoms with E-state index in [2.05, 4.69) is 96.6 Å². The molecule has 1 aliphatic rings. The van der Waals surface area contributed by atoms with Crippen LogP contribution in [0.2, 0.25) is 0 Å². The number of rotatable bonds is 2. The van der Waals surface area contributed by atoms with Gasteiger partial charge in [-0.25, -0.2) is 4.57 Å². The van der Waals surface area contributed by atoms with Crippen LogP contribution in [0.5, 0.6) is 11.5 Å². The predicted octanol–water partition coefficient (Wildman–Crippen LogP) is 8.88. The van der Waals surface area contributed by atoms with Crippen LogP contribution in [-0.4, -0.2) is 0 Å². The lowest BCUT2D eigenvalue weighted by atomic mass is 9.83. The number of hydrogen-bond donors (Lipinski definition) is 0. The lowest BCUT2D eigenvalue weighted by Crippen LogP contribution is -2.31. The molecule has 1 aliphatic heterocycles. The van der Waals surface area contributed by atoms with Crippen LogP contribution in [-0.2, 0) is 19.9 Å². The maximum atomic E-state index is 7.02. The molecule has 0 aliphatic carbocycles. The molecule has 0 saturated carbocycles. The summed E-state index contributed by atoms with van der Waals surface area (Å²) < 4.78 is 17.2. The molecule has 3 aromatic heterocycles. The van der Waals surface area contributed by atoms with Crippen molar-refractivity contribution in [1.82, 2.24) is 0 Å². The molecule has 0 N–H and O–H groups in total. The van der Waals surface area contributed by atoms with Gasteiger partial charge in [0.2, 0.25) is 5.69 Å². The van der Waals surface area contributed by atoms with Gasteiger partial charge in [-0.3, -0.25) is 0 Å². The van der Waals surface area contributed by atoms with Crippen molar-refractivity contribution in [3.05, 3.63) is 52.5 Å². The molecule has 6 rings (SSSR count). The maximum absolute atomic E-state index is 7.02. The molecule has 4 heteroatoms. The molecule has 0 fully saturated rings. The molecule has 180 valence electrons. The highest BCUT2D eigenvalue weighted by Gasteiger charge is 2.38. The summed E-state index contributed by atoms with van der Waals surface area (Å²) in [6, 6.07) is 10.7. The average molecular weight is 485 g/mol. The van der Waals surface area contributed by atoms with E-state index in [1.165, 1.54) is 48.1 Å². The Morgan fingerprint density at radius 2 is 1.60 bits per heavy atom. The lowest BCUT2D eigenvalue weighted by molar-refractivity contribution is -0.659. The molecule has 0 unspecified atom stereocenters. The van der Waals surface area contributed by atoms with E-state index in [1.807, 2.05) is 11.3 Å². The standard InChI is InChI=1S/C31H34NO2S/c1-17-23-18-11-9-10-12-20(18)33-27(23)19(15-30(2,3)4)28-24(17)26-25-21(13-14-32(26)8)35-22(29(25)34-28)16-31(5,6)7/h9-14H,15-16H2,1-8H3/q+1. The van der Waals surface area contributed by atoms with Crippen molar-refractivity contribution in [1.29, 1.82) is 0 Å². The van der Waals surface area contributed by atoms with Gasteiger partial charge < -0.3 is 9.15 Å². The molecular weight excluding hydrogens is 450 g/mol. The second kappa shape index (κ2) is 7.33. The quantitative estimate of drug-likeness (QED) is 0.229. The van der Waals surface area contributed by atoms with Crippen molar-refractivity contribution < 1.29 is 13.7 Å². The first kappa shape index (κ1) is 22.6. The van der Waals surface area contributed by atoms with E-state index >= 15 is 0 Å². The zero-order chi connectivity index (χ0) is 24.9. The topological polar surface area (TPSA) is 26.2 Å². The number of nitrogens with zero attached hydrogens (tertiary/aromatic N) is 1. The fraction of sp³-hybridized carbons (Fsp3) is 0.387. The number of furan rings is 1. The van der Waals surface area contributed by atoms with Crippen LogP contribution < -0.4 is 9.30 Å². The highest BCUT2D eigenvalue weighted by Crippen LogP contribution is 2.56. The summed E-state index contributed by atoms with van der Waals surface area (Å²) in [5.74, 6) is 2.02. The van der Waals surface area contributed by atoms with E-state index in [9.17, 15) is 0 Å². The Kier molecular flexibility index (Phi) is 4.73. The fourth-order valence-corrected chi connectivity index (χ4v) is 7.06. The largest absolute Gasteiger partial charge is 0.456 e. The van der Waals surface area contributed by atoms with Gasteiger partial charge in [-0.1, -0.05) is 59.7 Å². The summed E-state index contributed by atoms with van der Waals surface area (Å²) in [5.41, 5.74) is 7.05. The number of aryl methyl sites for hydroxylation is 2. The third-order valence-electron chi connectivity index (χ3n) is 6.96. The van der Waals surface area contributed by atoms with E-state index in [-0.39, 0.29) is 10.8 Å². The van der Waals surface area contributed by atoms with E-state index in [1.54, 1.807) is 0 Å². The normalized spacial score (nSPS) is 13.6. The van der Waals surface area contributed by atoms with Gasteiger partial charge in [-0.05, 0) is 42.2 Å². The first-order valence-corrected chi connectivity index (χ1v) is 13.3. The number of fused-ring (bicyclic) bond motifs is 5. The minimum absolute atomic E-state index is 0.0790. The van der Waals surface area contributed by atoms with E-state index in [4.69, 9.17) is 9.15 Å². The SMILES string of the molecule is Cc1c2c(c(CC(C)(C)C)c3oc4ccccc4c13)Oc1c(CC(C)(C)C)sc3cc[n+](C)c-2c13. The smallest absolute Gasteiger partial charge is 0.228 e. The summed E-state index contributed by atoms with van der Waals surface area (Å²) >= 11 is 1.88. The van der Waals surface area contributed by atoms with Crippen LogP contribution in [0.4, 0.5) is 0 Å². The summed E-state index contributed by atoms with van der Waals surface area (Å²) in [6.07, 6.45) is 4.06. The van der Waals surface area contributed by atoms with Crippen molar-refractivity contribution >= 4 is 43.4 Å². The van der Waals surface area contributed by atoms with Crippen molar-refractivity contribution in [2.45, 2.75) is 61.3 Å². The van der Waals surface area contributed by atoms with Crippen molar-refractivity contribution in [3.8, 4) is 22.8 Å². The first-order valence-electron chi connectivity index (χ1n) is 12.5. The Hall–Kier alpha value is -2.85. The molecule has 0 radical (unpaired) electrons. The first-order chi connectivity index (χ1) is 16.4. The second-order valence-electron chi connectivity index (χ2n) is 12.6. The van der Waals surface area contributed by atoms with E-state index in [0.29, 0.717) is 0 Å². The van der Waals surface area contributed by atoms with Crippen molar-refractivity contribution in [2.24, 2.45) is 17.9 Å². The Morgan fingerprint density at radius 3 is 2.31 bits per heavy atom. The Labute approximate surface area is 211 Å². The molecule has 2 aromatic carbocycles.